The first-order chi connectivity index (χ1) is 11.5. The van der Waals surface area contributed by atoms with Gasteiger partial charge in [-0.1, -0.05) is 18.2 Å². The largest absolute Gasteiger partial charge is 0.494 e. The standard InChI is InChI=1S/C18H19NO4S/c1-2-23-16-12-10-15(11-13-16)19(18(20)14-8-9-14)24(21,22)17-6-4-3-5-7-17/h3-7,10-14H,2,8-9H2,1H3. The van der Waals surface area contributed by atoms with Crippen LogP contribution in [0.25, 0.3) is 0 Å². The number of benzene rings is 2. The highest BCUT2D eigenvalue weighted by Crippen LogP contribution is 2.36. The van der Waals surface area contributed by atoms with Gasteiger partial charge in [0.25, 0.3) is 10.0 Å². The fourth-order valence-corrected chi connectivity index (χ4v) is 3.92. The molecule has 0 N–H and O–H groups in total. The molecule has 1 aliphatic rings. The van der Waals surface area contributed by atoms with E-state index in [4.69, 9.17) is 4.74 Å². The predicted molar refractivity (Wildman–Crippen MR) is 91.4 cm³/mol. The molecule has 0 atom stereocenters. The highest BCUT2D eigenvalue weighted by Gasteiger charge is 2.40. The first-order valence-electron chi connectivity index (χ1n) is 7.91. The van der Waals surface area contributed by atoms with E-state index in [2.05, 4.69) is 0 Å². The maximum absolute atomic E-state index is 13.0. The number of anilines is 1. The summed E-state index contributed by atoms with van der Waals surface area (Å²) in [6, 6.07) is 14.6. The second kappa shape index (κ2) is 6.65. The van der Waals surface area contributed by atoms with E-state index in [1.165, 1.54) is 12.1 Å². The fourth-order valence-electron chi connectivity index (χ4n) is 2.42. The molecule has 6 heteroatoms. The van der Waals surface area contributed by atoms with Crippen molar-refractivity contribution in [1.29, 1.82) is 0 Å². The van der Waals surface area contributed by atoms with Crippen LogP contribution in [0.5, 0.6) is 5.75 Å². The molecule has 0 aromatic heterocycles. The first kappa shape index (κ1) is 16.5. The first-order valence-corrected chi connectivity index (χ1v) is 9.35. The molecule has 0 spiro atoms. The van der Waals surface area contributed by atoms with Gasteiger partial charge in [-0.2, -0.15) is 0 Å². The van der Waals surface area contributed by atoms with E-state index in [-0.39, 0.29) is 16.7 Å². The topological polar surface area (TPSA) is 63.7 Å². The summed E-state index contributed by atoms with van der Waals surface area (Å²) in [5.41, 5.74) is 0.333. The van der Waals surface area contributed by atoms with Gasteiger partial charge in [0.15, 0.2) is 0 Å². The van der Waals surface area contributed by atoms with Crippen molar-refractivity contribution in [3.05, 3.63) is 54.6 Å². The summed E-state index contributed by atoms with van der Waals surface area (Å²) < 4.78 is 32.3. The van der Waals surface area contributed by atoms with Crippen LogP contribution in [0.1, 0.15) is 19.8 Å². The summed E-state index contributed by atoms with van der Waals surface area (Å²) in [4.78, 5) is 12.8. The number of carbonyl (C=O) groups excluding carboxylic acids is 1. The van der Waals surface area contributed by atoms with Crippen molar-refractivity contribution in [3.63, 3.8) is 0 Å². The number of hydrogen-bond donors (Lipinski definition) is 0. The molecule has 0 heterocycles. The number of carbonyl (C=O) groups is 1. The minimum absolute atomic E-state index is 0.105. The molecule has 2 aromatic carbocycles. The van der Waals surface area contributed by atoms with Crippen molar-refractivity contribution in [2.75, 3.05) is 10.9 Å². The minimum Gasteiger partial charge on any atom is -0.494 e. The van der Waals surface area contributed by atoms with Crippen LogP contribution < -0.4 is 9.04 Å². The van der Waals surface area contributed by atoms with Crippen molar-refractivity contribution >= 4 is 21.6 Å². The molecule has 1 amide bonds. The molecule has 3 rings (SSSR count). The van der Waals surface area contributed by atoms with Crippen LogP contribution in [0, 0.1) is 5.92 Å². The number of rotatable bonds is 6. The van der Waals surface area contributed by atoms with E-state index in [9.17, 15) is 13.2 Å². The molecule has 2 aromatic rings. The molecule has 24 heavy (non-hydrogen) atoms. The SMILES string of the molecule is CCOc1ccc(N(C(=O)C2CC2)S(=O)(=O)c2ccccc2)cc1. The molecule has 1 aliphatic carbocycles. The Balaban J connectivity index is 2.02. The molecule has 0 unspecified atom stereocenters. The Morgan fingerprint density at radius 1 is 1.08 bits per heavy atom. The molecule has 1 saturated carbocycles. The second-order valence-electron chi connectivity index (χ2n) is 5.62. The quantitative estimate of drug-likeness (QED) is 0.806. The maximum atomic E-state index is 13.0. The van der Waals surface area contributed by atoms with Crippen molar-refractivity contribution in [2.45, 2.75) is 24.7 Å². The van der Waals surface area contributed by atoms with Gasteiger partial charge in [0.2, 0.25) is 5.91 Å². The summed E-state index contributed by atoms with van der Waals surface area (Å²) >= 11 is 0. The second-order valence-corrected chi connectivity index (χ2v) is 7.41. The molecule has 5 nitrogen and oxygen atoms in total. The Kier molecular flexibility index (Phi) is 4.57. The maximum Gasteiger partial charge on any atom is 0.270 e. The molecule has 0 saturated heterocycles. The molecule has 1 fully saturated rings. The smallest absolute Gasteiger partial charge is 0.270 e. The van der Waals surface area contributed by atoms with Crippen LogP contribution in [0.15, 0.2) is 59.5 Å². The van der Waals surface area contributed by atoms with E-state index in [1.54, 1.807) is 42.5 Å². The van der Waals surface area contributed by atoms with Gasteiger partial charge in [-0.05, 0) is 56.2 Å². The molecular formula is C18H19NO4S. The Labute approximate surface area is 141 Å². The molecular weight excluding hydrogens is 326 g/mol. The monoisotopic (exact) mass is 345 g/mol. The zero-order chi connectivity index (χ0) is 17.2. The highest BCUT2D eigenvalue weighted by molar-refractivity contribution is 7.93. The molecule has 0 bridgehead atoms. The van der Waals surface area contributed by atoms with Crippen molar-refractivity contribution < 1.29 is 17.9 Å². The third-order valence-electron chi connectivity index (χ3n) is 3.79. The van der Waals surface area contributed by atoms with Crippen molar-refractivity contribution in [3.8, 4) is 5.75 Å². The van der Waals surface area contributed by atoms with E-state index < -0.39 is 10.0 Å². The van der Waals surface area contributed by atoms with E-state index in [1.807, 2.05) is 6.92 Å². The van der Waals surface area contributed by atoms with Crippen LogP contribution in [-0.4, -0.2) is 20.9 Å². The van der Waals surface area contributed by atoms with Crippen LogP contribution in [-0.2, 0) is 14.8 Å². The number of ether oxygens (including phenoxy) is 1. The number of hydrogen-bond acceptors (Lipinski definition) is 4. The van der Waals surface area contributed by atoms with Crippen LogP contribution in [0.2, 0.25) is 0 Å². The Hall–Kier alpha value is -2.34. The lowest BCUT2D eigenvalue weighted by Gasteiger charge is -2.23. The van der Waals surface area contributed by atoms with Gasteiger partial charge in [0, 0.05) is 5.92 Å². The van der Waals surface area contributed by atoms with Crippen molar-refractivity contribution in [1.82, 2.24) is 0 Å². The molecule has 126 valence electrons. The van der Waals surface area contributed by atoms with Gasteiger partial charge in [-0.15, -0.1) is 0 Å². The summed E-state index contributed by atoms with van der Waals surface area (Å²) in [5, 5.41) is 0. The lowest BCUT2D eigenvalue weighted by atomic mass is 10.3. The average molecular weight is 345 g/mol. The molecule has 0 aliphatic heterocycles. The Morgan fingerprint density at radius 3 is 2.25 bits per heavy atom. The zero-order valence-corrected chi connectivity index (χ0v) is 14.2. The predicted octanol–water partition coefficient (Wildman–Crippen LogP) is 3.22. The Bertz CT molecular complexity index is 812. The zero-order valence-electron chi connectivity index (χ0n) is 13.4. The van der Waals surface area contributed by atoms with Gasteiger partial charge in [0.1, 0.15) is 5.75 Å². The number of nitrogens with zero attached hydrogens (tertiary/aromatic N) is 1. The van der Waals surface area contributed by atoms with E-state index in [0.717, 1.165) is 17.1 Å². The van der Waals surface area contributed by atoms with Gasteiger partial charge < -0.3 is 4.74 Å². The van der Waals surface area contributed by atoms with Crippen LogP contribution in [0.4, 0.5) is 5.69 Å². The lowest BCUT2D eigenvalue weighted by molar-refractivity contribution is -0.118. The Morgan fingerprint density at radius 2 is 1.71 bits per heavy atom. The lowest BCUT2D eigenvalue weighted by Crippen LogP contribution is -2.38. The molecule has 0 radical (unpaired) electrons. The fraction of sp³-hybridized carbons (Fsp3) is 0.278. The van der Waals surface area contributed by atoms with Crippen LogP contribution >= 0.6 is 0 Å². The number of amides is 1. The third kappa shape index (κ3) is 3.28. The summed E-state index contributed by atoms with van der Waals surface area (Å²) in [5.74, 6) is 0.0512. The van der Waals surface area contributed by atoms with Gasteiger partial charge >= 0.3 is 0 Å². The van der Waals surface area contributed by atoms with Gasteiger partial charge in [0.05, 0.1) is 17.2 Å². The minimum atomic E-state index is -3.94. The van der Waals surface area contributed by atoms with Gasteiger partial charge in [-0.25, -0.2) is 12.7 Å². The normalized spacial score (nSPS) is 14.2. The highest BCUT2D eigenvalue weighted by atomic mass is 32.2. The summed E-state index contributed by atoms with van der Waals surface area (Å²) in [7, 11) is -3.94. The summed E-state index contributed by atoms with van der Waals surface area (Å²) in [6.07, 6.45) is 1.47. The average Bonchev–Trinajstić information content (AvgIpc) is 3.42. The van der Waals surface area contributed by atoms with Gasteiger partial charge in [-0.3, -0.25) is 4.79 Å². The summed E-state index contributed by atoms with van der Waals surface area (Å²) in [6.45, 7) is 2.39. The number of sulfonamides is 1. The van der Waals surface area contributed by atoms with E-state index in [0.29, 0.717) is 18.0 Å². The van der Waals surface area contributed by atoms with Crippen LogP contribution in [0.3, 0.4) is 0 Å². The third-order valence-corrected chi connectivity index (χ3v) is 5.53. The van der Waals surface area contributed by atoms with E-state index >= 15 is 0 Å². The van der Waals surface area contributed by atoms with Crippen molar-refractivity contribution in [2.24, 2.45) is 5.92 Å².